The predicted molar refractivity (Wildman–Crippen MR) is 92.2 cm³/mol. The van der Waals surface area contributed by atoms with Gasteiger partial charge in [-0.05, 0) is 31.9 Å². The summed E-state index contributed by atoms with van der Waals surface area (Å²) in [5, 5.41) is 0.969. The zero-order chi connectivity index (χ0) is 15.4. The van der Waals surface area contributed by atoms with Gasteiger partial charge in [-0.2, -0.15) is 0 Å². The Labute approximate surface area is 147 Å². The maximum absolute atomic E-state index is 12.1. The average Bonchev–Trinajstić information content (AvgIpc) is 2.42. The molecule has 2 unspecified atom stereocenters. The molecule has 1 fully saturated rings. The van der Waals surface area contributed by atoms with Crippen LogP contribution in [-0.2, 0) is 4.79 Å². The molecule has 1 saturated heterocycles. The maximum atomic E-state index is 12.1. The molecule has 1 heterocycles. The van der Waals surface area contributed by atoms with Crippen molar-refractivity contribution >= 4 is 41.5 Å². The van der Waals surface area contributed by atoms with Gasteiger partial charge in [-0.25, -0.2) is 0 Å². The minimum atomic E-state index is -0.117. The molecule has 4 nitrogen and oxygen atoms in total. The summed E-state index contributed by atoms with van der Waals surface area (Å²) in [5.74, 6) is 0.767. The van der Waals surface area contributed by atoms with Gasteiger partial charge in [0.25, 0.3) is 0 Å². The van der Waals surface area contributed by atoms with Crippen LogP contribution in [0.5, 0.6) is 5.75 Å². The van der Waals surface area contributed by atoms with Crippen molar-refractivity contribution in [1.29, 1.82) is 0 Å². The molecule has 2 rings (SSSR count). The normalized spacial score (nSPS) is 19.3. The van der Waals surface area contributed by atoms with Gasteiger partial charge in [-0.15, -0.1) is 12.4 Å². The van der Waals surface area contributed by atoms with Gasteiger partial charge in [0.15, 0.2) is 0 Å². The van der Waals surface area contributed by atoms with Crippen molar-refractivity contribution in [2.45, 2.75) is 38.3 Å². The predicted octanol–water partition coefficient (Wildman–Crippen LogP) is 3.52. The Bertz CT molecular complexity index is 512. The average molecular weight is 368 g/mol. The first kappa shape index (κ1) is 19.4. The molecule has 0 spiro atoms. The second-order valence-electron chi connectivity index (χ2n) is 5.48. The molecule has 7 heteroatoms. The lowest BCUT2D eigenvalue weighted by atomic mass is 10.1. The summed E-state index contributed by atoms with van der Waals surface area (Å²) in [6.07, 6.45) is 2.20. The summed E-state index contributed by atoms with van der Waals surface area (Å²) in [5.41, 5.74) is 5.68. The number of nitrogens with two attached hydrogens (primary N) is 1. The van der Waals surface area contributed by atoms with E-state index in [1.54, 1.807) is 18.2 Å². The molecule has 0 radical (unpaired) electrons. The van der Waals surface area contributed by atoms with Gasteiger partial charge in [0.2, 0.25) is 5.91 Å². The fourth-order valence-corrected chi connectivity index (χ4v) is 2.70. The third kappa shape index (κ3) is 5.51. The highest BCUT2D eigenvalue weighted by atomic mass is 35.5. The lowest BCUT2D eigenvalue weighted by Crippen LogP contribution is -2.45. The van der Waals surface area contributed by atoms with Crippen LogP contribution in [0.1, 0.15) is 26.2 Å². The molecule has 0 aliphatic carbocycles. The van der Waals surface area contributed by atoms with Crippen LogP contribution >= 0.6 is 35.6 Å². The summed E-state index contributed by atoms with van der Waals surface area (Å²) in [4.78, 5) is 13.9. The lowest BCUT2D eigenvalue weighted by Gasteiger charge is -2.33. The number of carbonyl (C=O) groups is 1. The Hall–Kier alpha value is -0.680. The molecule has 0 bridgehead atoms. The van der Waals surface area contributed by atoms with Crippen LogP contribution in [0.15, 0.2) is 18.2 Å². The van der Waals surface area contributed by atoms with E-state index in [-0.39, 0.29) is 30.5 Å². The molecule has 1 aliphatic rings. The first-order chi connectivity index (χ1) is 9.95. The molecular formula is C15H21Cl3N2O2. The first-order valence-corrected chi connectivity index (χ1v) is 7.86. The maximum Gasteiger partial charge on any atom is 0.224 e. The number of hydrogen-bond donors (Lipinski definition) is 1. The smallest absolute Gasteiger partial charge is 0.224 e. The molecule has 0 aromatic heterocycles. The number of nitrogens with zero attached hydrogens (tertiary/aromatic N) is 1. The topological polar surface area (TPSA) is 55.6 Å². The van der Waals surface area contributed by atoms with E-state index in [0.29, 0.717) is 28.8 Å². The van der Waals surface area contributed by atoms with Crippen molar-refractivity contribution in [3.8, 4) is 5.75 Å². The summed E-state index contributed by atoms with van der Waals surface area (Å²) in [7, 11) is 0. The van der Waals surface area contributed by atoms with E-state index < -0.39 is 0 Å². The summed E-state index contributed by atoms with van der Waals surface area (Å²) < 4.78 is 5.91. The minimum Gasteiger partial charge on any atom is -0.489 e. The molecular weight excluding hydrogens is 347 g/mol. The number of piperidine rings is 1. The van der Waals surface area contributed by atoms with Gasteiger partial charge in [-0.1, -0.05) is 23.2 Å². The molecule has 1 aromatic rings. The number of carbonyl (C=O) groups excluding carboxylic acids is 1. The van der Waals surface area contributed by atoms with Gasteiger partial charge in [0, 0.05) is 25.1 Å². The minimum absolute atomic E-state index is 0. The highest BCUT2D eigenvalue weighted by Crippen LogP contribution is 2.28. The van der Waals surface area contributed by atoms with Crippen LogP contribution in [-0.4, -0.2) is 36.0 Å². The number of hydrogen-bond acceptors (Lipinski definition) is 3. The fraction of sp³-hybridized carbons (Fsp3) is 0.533. The highest BCUT2D eigenvalue weighted by molar-refractivity contribution is 6.42. The monoisotopic (exact) mass is 366 g/mol. The largest absolute Gasteiger partial charge is 0.489 e. The standard InChI is InChI=1S/C15H20Cl2N2O2.ClH/c1-10(18)7-15(20)19-6-2-3-12(9-19)21-11-4-5-13(16)14(17)8-11;/h4-5,8,10,12H,2-3,6-7,9,18H2,1H3;1H. The van der Waals surface area contributed by atoms with E-state index >= 15 is 0 Å². The Morgan fingerprint density at radius 2 is 2.18 bits per heavy atom. The second-order valence-corrected chi connectivity index (χ2v) is 6.29. The summed E-state index contributed by atoms with van der Waals surface area (Å²) >= 11 is 11.9. The third-order valence-electron chi connectivity index (χ3n) is 3.42. The molecule has 22 heavy (non-hydrogen) atoms. The van der Waals surface area contributed by atoms with E-state index in [9.17, 15) is 4.79 Å². The van der Waals surface area contributed by atoms with Crippen molar-refractivity contribution in [2.75, 3.05) is 13.1 Å². The number of likely N-dealkylation sites (tertiary alicyclic amines) is 1. The van der Waals surface area contributed by atoms with Crippen LogP contribution in [0, 0.1) is 0 Å². The molecule has 124 valence electrons. The number of amides is 1. The number of rotatable bonds is 4. The van der Waals surface area contributed by atoms with Crippen LogP contribution in [0.2, 0.25) is 10.0 Å². The van der Waals surface area contributed by atoms with Crippen LogP contribution in [0.25, 0.3) is 0 Å². The van der Waals surface area contributed by atoms with Crippen molar-refractivity contribution in [3.05, 3.63) is 28.2 Å². The Morgan fingerprint density at radius 1 is 1.45 bits per heavy atom. The zero-order valence-corrected chi connectivity index (χ0v) is 14.8. The fourth-order valence-electron chi connectivity index (χ4n) is 2.41. The van der Waals surface area contributed by atoms with E-state index in [1.807, 2.05) is 11.8 Å². The second kappa shape index (κ2) is 8.82. The van der Waals surface area contributed by atoms with Gasteiger partial charge >= 0.3 is 0 Å². The number of ether oxygens (including phenoxy) is 1. The summed E-state index contributed by atoms with van der Waals surface area (Å²) in [6.45, 7) is 3.20. The Balaban J connectivity index is 0.00000242. The third-order valence-corrected chi connectivity index (χ3v) is 4.16. The highest BCUT2D eigenvalue weighted by Gasteiger charge is 2.25. The van der Waals surface area contributed by atoms with E-state index in [0.717, 1.165) is 19.4 Å². The van der Waals surface area contributed by atoms with Crippen LogP contribution in [0.3, 0.4) is 0 Å². The molecule has 0 saturated carbocycles. The molecule has 2 N–H and O–H groups in total. The Morgan fingerprint density at radius 3 is 2.82 bits per heavy atom. The van der Waals surface area contributed by atoms with Gasteiger partial charge in [0.05, 0.1) is 16.6 Å². The number of halogens is 3. The molecule has 1 aromatic carbocycles. The van der Waals surface area contributed by atoms with Crippen molar-refractivity contribution in [3.63, 3.8) is 0 Å². The lowest BCUT2D eigenvalue weighted by molar-refractivity contribution is -0.134. The van der Waals surface area contributed by atoms with Gasteiger partial charge < -0.3 is 15.4 Å². The SMILES string of the molecule is CC(N)CC(=O)N1CCCC(Oc2ccc(Cl)c(Cl)c2)C1.Cl. The molecule has 1 aliphatic heterocycles. The Kier molecular flexibility index (Phi) is 7.77. The summed E-state index contributed by atoms with van der Waals surface area (Å²) in [6, 6.07) is 5.08. The van der Waals surface area contributed by atoms with Crippen molar-refractivity contribution in [2.24, 2.45) is 5.73 Å². The van der Waals surface area contributed by atoms with Crippen LogP contribution in [0.4, 0.5) is 0 Å². The first-order valence-electron chi connectivity index (χ1n) is 7.10. The van der Waals surface area contributed by atoms with E-state index in [1.165, 1.54) is 0 Å². The number of benzene rings is 1. The van der Waals surface area contributed by atoms with E-state index in [4.69, 9.17) is 33.7 Å². The van der Waals surface area contributed by atoms with Gasteiger partial charge in [0.1, 0.15) is 11.9 Å². The van der Waals surface area contributed by atoms with Crippen LogP contribution < -0.4 is 10.5 Å². The zero-order valence-electron chi connectivity index (χ0n) is 12.4. The quantitative estimate of drug-likeness (QED) is 0.886. The van der Waals surface area contributed by atoms with E-state index in [2.05, 4.69) is 0 Å². The van der Waals surface area contributed by atoms with Gasteiger partial charge in [-0.3, -0.25) is 4.79 Å². The molecule has 2 atom stereocenters. The molecule has 1 amide bonds. The van der Waals surface area contributed by atoms with Crippen molar-refractivity contribution in [1.82, 2.24) is 4.90 Å². The van der Waals surface area contributed by atoms with Crippen molar-refractivity contribution < 1.29 is 9.53 Å².